The lowest BCUT2D eigenvalue weighted by Crippen LogP contribution is -2.40. The van der Waals surface area contributed by atoms with Crippen molar-refractivity contribution < 1.29 is 42.9 Å². The number of ether oxygens (including phenoxy) is 4. The van der Waals surface area contributed by atoms with Crippen LogP contribution in [0, 0.1) is 0 Å². The molecule has 518 valence electrons. The van der Waals surface area contributed by atoms with Crippen molar-refractivity contribution in [2.75, 3.05) is 47.5 Å². The smallest absolute Gasteiger partial charge is 0.361 e. The van der Waals surface area contributed by atoms with Crippen LogP contribution >= 0.6 is 0 Å². The Bertz CT molecular complexity index is 2330. The third-order valence-electron chi connectivity index (χ3n) is 14.2. The lowest BCUT2D eigenvalue weighted by molar-refractivity contribution is -0.870. The van der Waals surface area contributed by atoms with Gasteiger partial charge in [-0.15, -0.1) is 0 Å². The SMILES string of the molecule is CC/C=C\C/C=C\C/C=C\C/C=C\C/C=C\C/C=C\C/C=C\C/C=C\C/C=C\C/C=C\CCCCCCC(=O)OC(COC(=O)CCCCCCCCCC/C=C\C/C=C\C/C=C\C/C=C\C/C=C\C/C=C\C/C=C\C/C=C\CC)COC(OCC[N+](C)(C)C)C(=O)O. The Kier molecular flexibility index (Phi) is 66.5. The van der Waals surface area contributed by atoms with Gasteiger partial charge in [-0.2, -0.15) is 0 Å². The molecule has 0 heterocycles. The molecule has 2 unspecified atom stereocenters. The number of unbranched alkanes of at least 4 members (excludes halogenated alkanes) is 12. The molecule has 0 fully saturated rings. The summed E-state index contributed by atoms with van der Waals surface area (Å²) in [6.07, 6.45) is 110. The molecule has 0 saturated carbocycles. The third-order valence-corrected chi connectivity index (χ3v) is 14.2. The topological polar surface area (TPSA) is 108 Å². The number of esters is 2. The van der Waals surface area contributed by atoms with Gasteiger partial charge in [0.25, 0.3) is 6.29 Å². The van der Waals surface area contributed by atoms with E-state index in [1.807, 2.05) is 21.1 Å². The second kappa shape index (κ2) is 71.5. The van der Waals surface area contributed by atoms with E-state index in [1.54, 1.807) is 0 Å². The molecule has 93 heavy (non-hydrogen) atoms. The van der Waals surface area contributed by atoms with E-state index in [0.29, 0.717) is 17.4 Å². The van der Waals surface area contributed by atoms with Gasteiger partial charge in [0.15, 0.2) is 6.10 Å². The molecule has 0 aliphatic carbocycles. The number of aliphatic carboxylic acids is 1. The molecule has 1 N–H and O–H groups in total. The first kappa shape index (κ1) is 86.6. The van der Waals surface area contributed by atoms with Crippen molar-refractivity contribution in [2.24, 2.45) is 0 Å². The van der Waals surface area contributed by atoms with Crippen molar-refractivity contribution in [3.63, 3.8) is 0 Å². The number of carbonyl (C=O) groups is 3. The number of carboxylic acid groups (broad SMARTS) is 1. The Labute approximate surface area is 568 Å². The predicted molar refractivity (Wildman–Crippen MR) is 400 cm³/mol. The van der Waals surface area contributed by atoms with E-state index in [2.05, 4.69) is 233 Å². The van der Waals surface area contributed by atoms with Gasteiger partial charge in [-0.25, -0.2) is 4.79 Å². The van der Waals surface area contributed by atoms with Gasteiger partial charge in [-0.1, -0.05) is 284 Å². The van der Waals surface area contributed by atoms with Crippen LogP contribution in [0.3, 0.4) is 0 Å². The Balaban J connectivity index is 4.29. The molecule has 2 atom stereocenters. The highest BCUT2D eigenvalue weighted by molar-refractivity contribution is 5.71. The molecule has 0 spiro atoms. The Morgan fingerprint density at radius 1 is 0.323 bits per heavy atom. The van der Waals surface area contributed by atoms with Crippen molar-refractivity contribution in [3.05, 3.63) is 219 Å². The number of rotatable bonds is 63. The summed E-state index contributed by atoms with van der Waals surface area (Å²) in [6, 6.07) is 0. The third kappa shape index (κ3) is 72.9. The van der Waals surface area contributed by atoms with Crippen molar-refractivity contribution in [1.29, 1.82) is 0 Å². The highest BCUT2D eigenvalue weighted by atomic mass is 16.7. The molecular weight excluding hydrogens is 1150 g/mol. The van der Waals surface area contributed by atoms with Gasteiger partial charge in [0, 0.05) is 12.8 Å². The Hall–Kier alpha value is -6.39. The number of carbonyl (C=O) groups excluding carboxylic acids is 2. The zero-order valence-electron chi connectivity index (χ0n) is 59.1. The van der Waals surface area contributed by atoms with Crippen molar-refractivity contribution in [3.8, 4) is 0 Å². The van der Waals surface area contributed by atoms with Gasteiger partial charge in [-0.05, 0) is 154 Å². The van der Waals surface area contributed by atoms with Crippen LogP contribution < -0.4 is 0 Å². The minimum Gasteiger partial charge on any atom is -0.477 e. The summed E-state index contributed by atoms with van der Waals surface area (Å²) in [5.41, 5.74) is 0. The molecule has 0 saturated heterocycles. The van der Waals surface area contributed by atoms with E-state index in [-0.39, 0.29) is 38.6 Å². The second-order valence-electron chi connectivity index (χ2n) is 24.1. The van der Waals surface area contributed by atoms with Gasteiger partial charge in [0.2, 0.25) is 0 Å². The van der Waals surface area contributed by atoms with Gasteiger partial charge < -0.3 is 28.5 Å². The minimum atomic E-state index is -1.54. The Morgan fingerprint density at radius 2 is 0.581 bits per heavy atom. The summed E-state index contributed by atoms with van der Waals surface area (Å²) in [4.78, 5) is 37.7. The first-order valence-electron chi connectivity index (χ1n) is 35.9. The number of likely N-dealkylation sites (N-methyl/N-ethyl adjacent to an activating group) is 1. The fraction of sp³-hybridized carbons (Fsp3) is 0.536. The number of hydrogen-bond acceptors (Lipinski definition) is 7. The molecule has 0 aromatic rings. The molecule has 0 amide bonds. The normalized spacial score (nSPS) is 14.0. The highest BCUT2D eigenvalue weighted by Crippen LogP contribution is 2.14. The standard InChI is InChI=1S/C84H129NO8/c1-6-8-10-12-14-16-18-20-22-24-26-28-30-32-34-36-38-40-41-43-45-47-49-51-53-55-57-59-61-63-65-67-69-71-73-75-82(87)93-80(79-92-84(83(88)89)90-77-76-85(3,4)5)78-91-81(86)74-72-70-68-66-64-62-60-58-56-54-52-50-48-46-44-42-39-37-35-33-31-29-27-25-23-21-19-17-15-13-11-9-7-2/h8-11,14-17,20-23,26-29,32-35,38-40,42-43,45-46,48-49,51-52,54-55,57,61,63,80,84H,6-7,12-13,18-19,24-25,30-31,36-37,41,44,47,50,53,56,58-60,62,64-79H2,1-5H3/p+1/b10-8-,11-9-,16-14-,17-15-,22-20-,23-21-,28-26-,29-27-,34-32-,35-33-,40-38-,42-39-,45-43-,48-46-,51-49-,54-52-,57-55-,63-61-. The average Bonchev–Trinajstić information content (AvgIpc) is 3.74. The molecular formula is C84H130NO8+. The molecule has 9 heteroatoms. The quantitative estimate of drug-likeness (QED) is 0.0211. The molecule has 0 radical (unpaired) electrons. The van der Waals surface area contributed by atoms with Gasteiger partial charge in [0.05, 0.1) is 34.4 Å². The van der Waals surface area contributed by atoms with Gasteiger partial charge in [-0.3, -0.25) is 9.59 Å². The highest BCUT2D eigenvalue weighted by Gasteiger charge is 2.25. The number of nitrogens with zero attached hydrogens (tertiary/aromatic N) is 1. The van der Waals surface area contributed by atoms with Crippen LogP contribution in [0.1, 0.15) is 232 Å². The number of allylic oxidation sites excluding steroid dienone is 36. The molecule has 0 aromatic carbocycles. The first-order valence-corrected chi connectivity index (χ1v) is 35.9. The summed E-state index contributed by atoms with van der Waals surface area (Å²) in [7, 11) is 5.95. The predicted octanol–water partition coefficient (Wildman–Crippen LogP) is 22.9. The average molecular weight is 1280 g/mol. The van der Waals surface area contributed by atoms with E-state index < -0.39 is 24.3 Å². The van der Waals surface area contributed by atoms with Crippen molar-refractivity contribution >= 4 is 17.9 Å². The fourth-order valence-corrected chi connectivity index (χ4v) is 8.82. The maximum Gasteiger partial charge on any atom is 0.361 e. The maximum atomic E-state index is 12.9. The lowest BCUT2D eigenvalue weighted by atomic mass is 10.1. The molecule has 0 bridgehead atoms. The van der Waals surface area contributed by atoms with Crippen LogP contribution in [0.4, 0.5) is 0 Å². The molecule has 9 nitrogen and oxygen atoms in total. The summed E-state index contributed by atoms with van der Waals surface area (Å²) in [5.74, 6) is -2.08. The van der Waals surface area contributed by atoms with E-state index in [4.69, 9.17) is 18.9 Å². The summed E-state index contributed by atoms with van der Waals surface area (Å²) < 4.78 is 22.9. The van der Waals surface area contributed by atoms with Crippen LogP contribution in [-0.2, 0) is 33.3 Å². The van der Waals surface area contributed by atoms with Crippen molar-refractivity contribution in [2.45, 2.75) is 245 Å². The molecule has 0 aromatic heterocycles. The van der Waals surface area contributed by atoms with E-state index in [1.165, 1.54) is 25.7 Å². The molecule has 0 aliphatic heterocycles. The van der Waals surface area contributed by atoms with E-state index >= 15 is 0 Å². The Morgan fingerprint density at radius 3 is 0.860 bits per heavy atom. The fourth-order valence-electron chi connectivity index (χ4n) is 8.82. The van der Waals surface area contributed by atoms with Gasteiger partial charge >= 0.3 is 17.9 Å². The zero-order chi connectivity index (χ0) is 67.5. The minimum absolute atomic E-state index is 0.168. The van der Waals surface area contributed by atoms with Crippen LogP contribution in [0.25, 0.3) is 0 Å². The van der Waals surface area contributed by atoms with Crippen LogP contribution in [0.15, 0.2) is 219 Å². The number of hydrogen-bond donors (Lipinski definition) is 1. The summed E-state index contributed by atoms with van der Waals surface area (Å²) in [6.45, 7) is 4.58. The number of carboxylic acids is 1. The monoisotopic (exact) mass is 1280 g/mol. The summed E-state index contributed by atoms with van der Waals surface area (Å²) >= 11 is 0. The van der Waals surface area contributed by atoms with E-state index in [9.17, 15) is 19.5 Å². The summed E-state index contributed by atoms with van der Waals surface area (Å²) in [5, 5.41) is 9.75. The van der Waals surface area contributed by atoms with E-state index in [0.717, 1.165) is 173 Å². The largest absolute Gasteiger partial charge is 0.477 e. The maximum absolute atomic E-state index is 12.9. The number of quaternary nitrogens is 1. The molecule has 0 aliphatic rings. The van der Waals surface area contributed by atoms with Crippen LogP contribution in [-0.4, -0.2) is 87.4 Å². The first-order chi connectivity index (χ1) is 45.6. The second-order valence-corrected chi connectivity index (χ2v) is 24.1. The van der Waals surface area contributed by atoms with Crippen LogP contribution in [0.2, 0.25) is 0 Å². The van der Waals surface area contributed by atoms with Crippen LogP contribution in [0.5, 0.6) is 0 Å². The molecule has 0 rings (SSSR count). The van der Waals surface area contributed by atoms with Crippen molar-refractivity contribution in [1.82, 2.24) is 0 Å². The zero-order valence-corrected chi connectivity index (χ0v) is 59.1. The van der Waals surface area contributed by atoms with Gasteiger partial charge in [0.1, 0.15) is 13.2 Å². The lowest BCUT2D eigenvalue weighted by Gasteiger charge is -2.25.